The molecule has 0 saturated heterocycles. The van der Waals surface area contributed by atoms with Crippen molar-refractivity contribution in [3.8, 4) is 16.9 Å². The van der Waals surface area contributed by atoms with Crippen LogP contribution in [0.1, 0.15) is 21.7 Å². The highest BCUT2D eigenvalue weighted by Crippen LogP contribution is 2.34. The molecule has 1 amide bonds. The lowest BCUT2D eigenvalue weighted by atomic mass is 10.00. The van der Waals surface area contributed by atoms with Crippen LogP contribution in [0, 0.1) is 13.8 Å². The van der Waals surface area contributed by atoms with Crippen LogP contribution in [0.5, 0.6) is 5.75 Å². The van der Waals surface area contributed by atoms with Crippen molar-refractivity contribution in [1.82, 2.24) is 10.2 Å². The van der Waals surface area contributed by atoms with E-state index in [9.17, 15) is 4.79 Å². The van der Waals surface area contributed by atoms with E-state index >= 15 is 0 Å². The molecule has 1 heterocycles. The second-order valence-corrected chi connectivity index (χ2v) is 4.09. The molecule has 0 aliphatic heterocycles. The average Bonchev–Trinajstić information content (AvgIpc) is 2.68. The zero-order chi connectivity index (χ0) is 13.3. The van der Waals surface area contributed by atoms with E-state index in [4.69, 9.17) is 10.5 Å². The minimum Gasteiger partial charge on any atom is -0.496 e. The Morgan fingerprint density at radius 3 is 2.61 bits per heavy atom. The van der Waals surface area contributed by atoms with Crippen LogP contribution in [0.2, 0.25) is 0 Å². The van der Waals surface area contributed by atoms with Crippen LogP contribution in [0.4, 0.5) is 0 Å². The lowest BCUT2D eigenvalue weighted by molar-refractivity contribution is 0.100. The monoisotopic (exact) mass is 245 g/mol. The molecule has 1 aromatic heterocycles. The fraction of sp³-hybridized carbons (Fsp3) is 0.231. The summed E-state index contributed by atoms with van der Waals surface area (Å²) < 4.78 is 5.32. The van der Waals surface area contributed by atoms with Crippen molar-refractivity contribution in [2.45, 2.75) is 13.8 Å². The predicted octanol–water partition coefficient (Wildman–Crippen LogP) is 1.80. The van der Waals surface area contributed by atoms with Gasteiger partial charge in [-0.1, -0.05) is 0 Å². The number of rotatable bonds is 3. The maximum Gasteiger partial charge on any atom is 0.248 e. The van der Waals surface area contributed by atoms with E-state index in [1.807, 2.05) is 13.8 Å². The summed E-state index contributed by atoms with van der Waals surface area (Å²) >= 11 is 0. The number of aromatic amines is 1. The van der Waals surface area contributed by atoms with E-state index in [0.717, 1.165) is 22.5 Å². The number of nitrogens with two attached hydrogens (primary N) is 1. The molecule has 5 heteroatoms. The van der Waals surface area contributed by atoms with E-state index in [1.165, 1.54) is 0 Å². The number of nitrogens with one attached hydrogen (secondary N) is 1. The molecule has 0 atom stereocenters. The van der Waals surface area contributed by atoms with Gasteiger partial charge in [-0.3, -0.25) is 9.89 Å². The Morgan fingerprint density at radius 1 is 1.39 bits per heavy atom. The van der Waals surface area contributed by atoms with Crippen LogP contribution in [0.3, 0.4) is 0 Å². The molecule has 0 spiro atoms. The number of primary amides is 1. The zero-order valence-electron chi connectivity index (χ0n) is 10.6. The maximum absolute atomic E-state index is 11.3. The van der Waals surface area contributed by atoms with Gasteiger partial charge in [0, 0.05) is 22.4 Å². The summed E-state index contributed by atoms with van der Waals surface area (Å²) in [5.74, 6) is 0.227. The van der Waals surface area contributed by atoms with Crippen LogP contribution >= 0.6 is 0 Å². The van der Waals surface area contributed by atoms with Gasteiger partial charge >= 0.3 is 0 Å². The molecule has 2 rings (SSSR count). The smallest absolute Gasteiger partial charge is 0.248 e. The quantitative estimate of drug-likeness (QED) is 0.865. The number of hydrogen-bond donors (Lipinski definition) is 2. The topological polar surface area (TPSA) is 81.0 Å². The molecule has 2 aromatic rings. The molecule has 5 nitrogen and oxygen atoms in total. The largest absolute Gasteiger partial charge is 0.496 e. The third-order valence-electron chi connectivity index (χ3n) is 2.88. The first-order chi connectivity index (χ1) is 8.54. The Bertz CT molecular complexity index is 583. The van der Waals surface area contributed by atoms with Crippen molar-refractivity contribution in [3.05, 3.63) is 35.2 Å². The molecule has 3 N–H and O–H groups in total. The van der Waals surface area contributed by atoms with Crippen LogP contribution < -0.4 is 10.5 Å². The second-order valence-electron chi connectivity index (χ2n) is 4.09. The normalized spacial score (nSPS) is 10.4. The average molecular weight is 245 g/mol. The van der Waals surface area contributed by atoms with Gasteiger partial charge in [-0.25, -0.2) is 0 Å². The van der Waals surface area contributed by atoms with Crippen LogP contribution in [-0.4, -0.2) is 23.2 Å². The SMILES string of the molecule is COc1ccc(C(N)=O)cc1-c1c(C)n[nH]c1C. The number of aryl methyl sites for hydroxylation is 2. The Labute approximate surface area is 105 Å². The lowest BCUT2D eigenvalue weighted by Crippen LogP contribution is -2.11. The molecular formula is C13H15N3O2. The fourth-order valence-corrected chi connectivity index (χ4v) is 2.00. The summed E-state index contributed by atoms with van der Waals surface area (Å²) in [5.41, 5.74) is 9.28. The van der Waals surface area contributed by atoms with Gasteiger partial charge in [0.2, 0.25) is 5.91 Å². The van der Waals surface area contributed by atoms with Crippen molar-refractivity contribution >= 4 is 5.91 Å². The molecule has 0 aliphatic rings. The molecule has 0 bridgehead atoms. The highest BCUT2D eigenvalue weighted by Gasteiger charge is 2.15. The first kappa shape index (κ1) is 12.2. The Hall–Kier alpha value is -2.30. The number of carbonyl (C=O) groups excluding carboxylic acids is 1. The molecule has 94 valence electrons. The van der Waals surface area contributed by atoms with E-state index in [2.05, 4.69) is 10.2 Å². The number of methoxy groups -OCH3 is 1. The first-order valence-corrected chi connectivity index (χ1v) is 5.54. The lowest BCUT2D eigenvalue weighted by Gasteiger charge is -2.10. The van der Waals surface area contributed by atoms with Gasteiger partial charge in [0.25, 0.3) is 0 Å². The molecule has 18 heavy (non-hydrogen) atoms. The number of amides is 1. The van der Waals surface area contributed by atoms with Gasteiger partial charge < -0.3 is 10.5 Å². The Kier molecular flexibility index (Phi) is 3.06. The molecule has 0 unspecified atom stereocenters. The van der Waals surface area contributed by atoms with Crippen molar-refractivity contribution < 1.29 is 9.53 Å². The van der Waals surface area contributed by atoms with Gasteiger partial charge in [0.15, 0.2) is 0 Å². The summed E-state index contributed by atoms with van der Waals surface area (Å²) in [5, 5.41) is 7.06. The number of H-pyrrole nitrogens is 1. The molecule has 0 fully saturated rings. The zero-order valence-corrected chi connectivity index (χ0v) is 10.6. The van der Waals surface area contributed by atoms with Crippen LogP contribution in [0.15, 0.2) is 18.2 Å². The Balaban J connectivity index is 2.68. The standard InChI is InChI=1S/C13H15N3O2/c1-7-12(8(2)16-15-7)10-6-9(13(14)17)4-5-11(10)18-3/h4-6H,1-3H3,(H2,14,17)(H,15,16). The highest BCUT2D eigenvalue weighted by molar-refractivity contribution is 5.95. The third kappa shape index (κ3) is 1.95. The number of hydrogen-bond acceptors (Lipinski definition) is 3. The minimum atomic E-state index is -0.460. The van der Waals surface area contributed by atoms with Crippen molar-refractivity contribution in [1.29, 1.82) is 0 Å². The molecule has 0 aliphatic carbocycles. The van der Waals surface area contributed by atoms with Gasteiger partial charge in [-0.15, -0.1) is 0 Å². The van der Waals surface area contributed by atoms with Crippen LogP contribution in [0.25, 0.3) is 11.1 Å². The summed E-state index contributed by atoms with van der Waals surface area (Å²) in [4.78, 5) is 11.3. The van der Waals surface area contributed by atoms with E-state index < -0.39 is 5.91 Å². The van der Waals surface area contributed by atoms with Gasteiger partial charge in [-0.2, -0.15) is 5.10 Å². The molecule has 0 saturated carbocycles. The summed E-state index contributed by atoms with van der Waals surface area (Å²) in [6, 6.07) is 5.11. The molecule has 0 radical (unpaired) electrons. The summed E-state index contributed by atoms with van der Waals surface area (Å²) in [7, 11) is 1.59. The van der Waals surface area contributed by atoms with Gasteiger partial charge in [-0.05, 0) is 32.0 Å². The van der Waals surface area contributed by atoms with Crippen LogP contribution in [-0.2, 0) is 0 Å². The molecule has 1 aromatic carbocycles. The third-order valence-corrected chi connectivity index (χ3v) is 2.88. The summed E-state index contributed by atoms with van der Waals surface area (Å²) in [6.45, 7) is 3.82. The molecular weight excluding hydrogens is 230 g/mol. The Morgan fingerprint density at radius 2 is 2.11 bits per heavy atom. The number of aromatic nitrogens is 2. The highest BCUT2D eigenvalue weighted by atomic mass is 16.5. The number of nitrogens with zero attached hydrogens (tertiary/aromatic N) is 1. The number of carbonyl (C=O) groups is 1. The van der Waals surface area contributed by atoms with Gasteiger partial charge in [0.05, 0.1) is 12.8 Å². The van der Waals surface area contributed by atoms with Gasteiger partial charge in [0.1, 0.15) is 5.75 Å². The fourth-order valence-electron chi connectivity index (χ4n) is 2.00. The summed E-state index contributed by atoms with van der Waals surface area (Å²) in [6.07, 6.45) is 0. The van der Waals surface area contributed by atoms with Crippen molar-refractivity contribution in [3.63, 3.8) is 0 Å². The maximum atomic E-state index is 11.3. The number of benzene rings is 1. The van der Waals surface area contributed by atoms with Crippen molar-refractivity contribution in [2.75, 3.05) is 7.11 Å². The van der Waals surface area contributed by atoms with E-state index in [-0.39, 0.29) is 0 Å². The number of ether oxygens (including phenoxy) is 1. The first-order valence-electron chi connectivity index (χ1n) is 5.54. The minimum absolute atomic E-state index is 0.450. The van der Waals surface area contributed by atoms with E-state index in [1.54, 1.807) is 25.3 Å². The van der Waals surface area contributed by atoms with Crippen molar-refractivity contribution in [2.24, 2.45) is 5.73 Å². The van der Waals surface area contributed by atoms with E-state index in [0.29, 0.717) is 11.3 Å². The second kappa shape index (κ2) is 4.52. The predicted molar refractivity (Wildman–Crippen MR) is 68.6 cm³/mol.